The second-order valence-corrected chi connectivity index (χ2v) is 5.05. The molecule has 3 heteroatoms. The van der Waals surface area contributed by atoms with Crippen LogP contribution in [0.3, 0.4) is 0 Å². The van der Waals surface area contributed by atoms with Crippen LogP contribution in [0, 0.1) is 11.3 Å². The Bertz CT molecular complexity index is 202. The molecule has 0 saturated carbocycles. The first-order valence-electron chi connectivity index (χ1n) is 6.45. The van der Waals surface area contributed by atoms with Crippen molar-refractivity contribution in [2.45, 2.75) is 59.9 Å². The van der Waals surface area contributed by atoms with Crippen molar-refractivity contribution in [3.63, 3.8) is 0 Å². The molecule has 0 rings (SSSR count). The van der Waals surface area contributed by atoms with E-state index in [1.807, 2.05) is 13.8 Å². The second-order valence-electron chi connectivity index (χ2n) is 5.05. The minimum Gasteiger partial charge on any atom is -0.354 e. The standard InChI is InChI=1S/C13H28N2O/c1-6-13(7-2,8-3)9-15-12(16)11(14)10(4)5/h10-11H,6-9,14H2,1-5H3,(H,15,16)/t11-/m0/s1. The lowest BCUT2D eigenvalue weighted by Crippen LogP contribution is -2.47. The summed E-state index contributed by atoms with van der Waals surface area (Å²) in [6.45, 7) is 11.2. The summed E-state index contributed by atoms with van der Waals surface area (Å²) in [5.74, 6) is 0.175. The smallest absolute Gasteiger partial charge is 0.237 e. The van der Waals surface area contributed by atoms with Gasteiger partial charge in [-0.25, -0.2) is 0 Å². The molecule has 0 unspecified atom stereocenters. The molecule has 0 aliphatic heterocycles. The van der Waals surface area contributed by atoms with Gasteiger partial charge in [0.05, 0.1) is 6.04 Å². The average molecular weight is 228 g/mol. The molecule has 0 aliphatic carbocycles. The molecule has 0 aliphatic rings. The van der Waals surface area contributed by atoms with E-state index in [0.29, 0.717) is 0 Å². The molecule has 1 amide bonds. The molecule has 0 bridgehead atoms. The molecule has 0 spiro atoms. The third-order valence-corrected chi connectivity index (χ3v) is 3.91. The molecule has 96 valence electrons. The van der Waals surface area contributed by atoms with Gasteiger partial charge < -0.3 is 11.1 Å². The van der Waals surface area contributed by atoms with E-state index in [0.717, 1.165) is 25.8 Å². The number of hydrogen-bond acceptors (Lipinski definition) is 2. The third kappa shape index (κ3) is 4.12. The molecule has 1 atom stereocenters. The van der Waals surface area contributed by atoms with E-state index >= 15 is 0 Å². The Morgan fingerprint density at radius 1 is 1.19 bits per heavy atom. The quantitative estimate of drug-likeness (QED) is 0.702. The lowest BCUT2D eigenvalue weighted by Gasteiger charge is -2.31. The highest BCUT2D eigenvalue weighted by atomic mass is 16.2. The molecule has 0 aromatic rings. The van der Waals surface area contributed by atoms with Gasteiger partial charge in [0, 0.05) is 6.54 Å². The largest absolute Gasteiger partial charge is 0.354 e. The molecular formula is C13H28N2O. The average Bonchev–Trinajstić information content (AvgIpc) is 2.30. The van der Waals surface area contributed by atoms with Gasteiger partial charge in [0.15, 0.2) is 0 Å². The summed E-state index contributed by atoms with van der Waals surface area (Å²) in [5.41, 5.74) is 6.04. The zero-order valence-electron chi connectivity index (χ0n) is 11.5. The van der Waals surface area contributed by atoms with Crippen molar-refractivity contribution in [2.24, 2.45) is 17.1 Å². The highest BCUT2D eigenvalue weighted by Gasteiger charge is 2.26. The fourth-order valence-corrected chi connectivity index (χ4v) is 1.82. The van der Waals surface area contributed by atoms with Gasteiger partial charge in [-0.2, -0.15) is 0 Å². The van der Waals surface area contributed by atoms with E-state index in [4.69, 9.17) is 5.73 Å². The number of nitrogens with one attached hydrogen (secondary N) is 1. The van der Waals surface area contributed by atoms with Gasteiger partial charge in [0.2, 0.25) is 5.91 Å². The minimum atomic E-state index is -0.386. The second kappa shape index (κ2) is 6.89. The first-order valence-corrected chi connectivity index (χ1v) is 6.45. The summed E-state index contributed by atoms with van der Waals surface area (Å²) in [7, 11) is 0. The van der Waals surface area contributed by atoms with E-state index in [2.05, 4.69) is 26.1 Å². The van der Waals surface area contributed by atoms with E-state index < -0.39 is 0 Å². The van der Waals surface area contributed by atoms with Gasteiger partial charge in [0.25, 0.3) is 0 Å². The van der Waals surface area contributed by atoms with Crippen LogP contribution in [0.15, 0.2) is 0 Å². The van der Waals surface area contributed by atoms with Crippen molar-refractivity contribution < 1.29 is 4.79 Å². The van der Waals surface area contributed by atoms with Crippen molar-refractivity contribution in [3.8, 4) is 0 Å². The third-order valence-electron chi connectivity index (χ3n) is 3.91. The molecule has 0 fully saturated rings. The Balaban J connectivity index is 4.26. The van der Waals surface area contributed by atoms with Crippen LogP contribution in [0.4, 0.5) is 0 Å². The molecule has 16 heavy (non-hydrogen) atoms. The van der Waals surface area contributed by atoms with Gasteiger partial charge in [-0.05, 0) is 30.6 Å². The van der Waals surface area contributed by atoms with Gasteiger partial charge in [0.1, 0.15) is 0 Å². The van der Waals surface area contributed by atoms with Crippen molar-refractivity contribution in [2.75, 3.05) is 6.54 Å². The molecule has 0 saturated heterocycles. The van der Waals surface area contributed by atoms with Crippen LogP contribution in [0.25, 0.3) is 0 Å². The van der Waals surface area contributed by atoms with E-state index in [-0.39, 0.29) is 23.3 Å². The van der Waals surface area contributed by atoms with Crippen molar-refractivity contribution >= 4 is 5.91 Å². The van der Waals surface area contributed by atoms with Gasteiger partial charge in [-0.3, -0.25) is 4.79 Å². The zero-order valence-corrected chi connectivity index (χ0v) is 11.5. The first kappa shape index (κ1) is 15.4. The van der Waals surface area contributed by atoms with Crippen LogP contribution in [0.2, 0.25) is 0 Å². The van der Waals surface area contributed by atoms with Crippen LogP contribution in [-0.4, -0.2) is 18.5 Å². The Labute approximate surface area is 100 Å². The number of carbonyl (C=O) groups excluding carboxylic acids is 1. The van der Waals surface area contributed by atoms with Crippen molar-refractivity contribution in [3.05, 3.63) is 0 Å². The van der Waals surface area contributed by atoms with E-state index in [1.54, 1.807) is 0 Å². The summed E-state index contributed by atoms with van der Waals surface area (Å²) in [6, 6.07) is -0.386. The Morgan fingerprint density at radius 2 is 1.62 bits per heavy atom. The number of rotatable bonds is 7. The maximum Gasteiger partial charge on any atom is 0.237 e. The zero-order chi connectivity index (χ0) is 12.8. The summed E-state index contributed by atoms with van der Waals surface area (Å²) in [6.07, 6.45) is 3.28. The Kier molecular flexibility index (Phi) is 6.65. The molecule has 0 aromatic carbocycles. The molecule has 3 N–H and O–H groups in total. The number of nitrogens with two attached hydrogens (primary N) is 1. The van der Waals surface area contributed by atoms with Crippen molar-refractivity contribution in [1.29, 1.82) is 0 Å². The predicted molar refractivity (Wildman–Crippen MR) is 69.1 cm³/mol. The highest BCUT2D eigenvalue weighted by molar-refractivity contribution is 5.81. The van der Waals surface area contributed by atoms with E-state index in [9.17, 15) is 4.79 Å². The van der Waals surface area contributed by atoms with Crippen LogP contribution < -0.4 is 11.1 Å². The lowest BCUT2D eigenvalue weighted by atomic mass is 9.80. The fourth-order valence-electron chi connectivity index (χ4n) is 1.82. The Morgan fingerprint density at radius 3 is 1.94 bits per heavy atom. The van der Waals surface area contributed by atoms with Gasteiger partial charge in [-0.15, -0.1) is 0 Å². The topological polar surface area (TPSA) is 55.1 Å². The summed E-state index contributed by atoms with van der Waals surface area (Å²) < 4.78 is 0. The Hall–Kier alpha value is -0.570. The maximum absolute atomic E-state index is 11.7. The highest BCUT2D eigenvalue weighted by Crippen LogP contribution is 2.29. The molecular weight excluding hydrogens is 200 g/mol. The normalized spacial score (nSPS) is 13.9. The molecule has 0 radical (unpaired) electrons. The van der Waals surface area contributed by atoms with Gasteiger partial charge >= 0.3 is 0 Å². The number of carbonyl (C=O) groups is 1. The number of amides is 1. The maximum atomic E-state index is 11.7. The molecule has 3 nitrogen and oxygen atoms in total. The first-order chi connectivity index (χ1) is 7.42. The summed E-state index contributed by atoms with van der Waals surface area (Å²) >= 11 is 0. The summed E-state index contributed by atoms with van der Waals surface area (Å²) in [4.78, 5) is 11.7. The van der Waals surface area contributed by atoms with Crippen molar-refractivity contribution in [1.82, 2.24) is 5.32 Å². The lowest BCUT2D eigenvalue weighted by molar-refractivity contribution is -0.123. The fraction of sp³-hybridized carbons (Fsp3) is 0.923. The summed E-state index contributed by atoms with van der Waals surface area (Å²) in [5, 5.41) is 2.99. The number of hydrogen-bond donors (Lipinski definition) is 2. The van der Waals surface area contributed by atoms with Crippen LogP contribution in [0.1, 0.15) is 53.9 Å². The van der Waals surface area contributed by atoms with E-state index in [1.165, 1.54) is 0 Å². The van der Waals surface area contributed by atoms with Gasteiger partial charge in [-0.1, -0.05) is 34.6 Å². The van der Waals surface area contributed by atoms with Crippen LogP contribution in [-0.2, 0) is 4.79 Å². The molecule has 0 aromatic heterocycles. The van der Waals surface area contributed by atoms with Crippen LogP contribution >= 0.6 is 0 Å². The predicted octanol–water partition coefficient (Wildman–Crippen LogP) is 2.30. The SMILES string of the molecule is CCC(CC)(CC)CNC(=O)[C@@H](N)C(C)C. The monoisotopic (exact) mass is 228 g/mol. The minimum absolute atomic E-state index is 0.0188. The van der Waals surface area contributed by atoms with Crippen LogP contribution in [0.5, 0.6) is 0 Å². The molecule has 0 heterocycles.